The largest absolute Gasteiger partial charge is 0.416 e. The summed E-state index contributed by atoms with van der Waals surface area (Å²) in [5.41, 5.74) is -2.77. The van der Waals surface area contributed by atoms with Crippen LogP contribution in [0.4, 0.5) is 51.3 Å². The lowest BCUT2D eigenvalue weighted by Crippen LogP contribution is -2.05. The Bertz CT molecular complexity index is 1530. The van der Waals surface area contributed by atoms with Crippen LogP contribution >= 0.6 is 0 Å². The summed E-state index contributed by atoms with van der Waals surface area (Å²) >= 11 is 0. The van der Waals surface area contributed by atoms with Crippen molar-refractivity contribution in [3.8, 4) is 11.3 Å². The number of aromatic amines is 1. The molecule has 0 bridgehead atoms. The lowest BCUT2D eigenvalue weighted by atomic mass is 10.1. The van der Waals surface area contributed by atoms with E-state index >= 15 is 0 Å². The summed E-state index contributed by atoms with van der Waals surface area (Å²) in [6.45, 7) is 0. The molecule has 0 radical (unpaired) electrons. The van der Waals surface area contributed by atoms with E-state index < -0.39 is 35.2 Å². The molecule has 1 aromatic heterocycles. The van der Waals surface area contributed by atoms with Crippen molar-refractivity contribution < 1.29 is 39.5 Å². The maximum atomic E-state index is 13.3. The molecule has 202 valence electrons. The van der Waals surface area contributed by atoms with Crippen LogP contribution in [0.15, 0.2) is 82.8 Å². The van der Waals surface area contributed by atoms with Crippen LogP contribution < -0.4 is 0 Å². The number of aromatic nitrogens is 2. The molecule has 4 aromatic rings. The van der Waals surface area contributed by atoms with Crippen LogP contribution in [0.2, 0.25) is 0 Å². The monoisotopic (exact) mass is 554 g/mol. The van der Waals surface area contributed by atoms with E-state index in [0.717, 1.165) is 61.0 Å². The van der Waals surface area contributed by atoms with Crippen molar-refractivity contribution in [3.63, 3.8) is 0 Å². The summed E-state index contributed by atoms with van der Waals surface area (Å²) in [7, 11) is 0. The molecule has 1 heterocycles. The second-order valence-electron chi connectivity index (χ2n) is 8.10. The zero-order valence-electron chi connectivity index (χ0n) is 19.3. The minimum atomic E-state index is -4.66. The van der Waals surface area contributed by atoms with Gasteiger partial charge in [0.15, 0.2) is 5.82 Å². The summed E-state index contributed by atoms with van der Waals surface area (Å²) in [5.74, 6) is -0.418. The molecule has 0 amide bonds. The Balaban J connectivity index is 1.74. The number of imidazole rings is 1. The van der Waals surface area contributed by atoms with Gasteiger partial charge < -0.3 is 4.98 Å². The number of hydrogen-bond donors (Lipinski definition) is 1. The normalized spacial score (nSPS) is 13.1. The highest BCUT2D eigenvalue weighted by Crippen LogP contribution is 2.36. The van der Waals surface area contributed by atoms with E-state index in [9.17, 15) is 39.5 Å². The Labute approximate surface area is 214 Å². The van der Waals surface area contributed by atoms with Crippen molar-refractivity contribution in [2.24, 2.45) is 9.98 Å². The van der Waals surface area contributed by atoms with Crippen molar-refractivity contribution in [3.05, 3.63) is 101 Å². The Kier molecular flexibility index (Phi) is 7.35. The second kappa shape index (κ2) is 10.4. The maximum absolute atomic E-state index is 13.3. The molecule has 0 saturated carbocycles. The van der Waals surface area contributed by atoms with Gasteiger partial charge in [0.2, 0.25) is 5.95 Å². The number of H-pyrrole nitrogens is 1. The standard InChI is InChI=1S/C26H15F9N4/c27-24(28,29)18-7-1-4-15(10-18)13-36-22-21(17-6-3-9-20(12-17)26(33,34)35)38-23(39-22)37-14-16-5-2-8-19(11-16)25(30,31)32/h1-14H,(H,38,39)/b36-13+,37-14+. The summed E-state index contributed by atoms with van der Waals surface area (Å²) < 4.78 is 118. The van der Waals surface area contributed by atoms with Crippen molar-refractivity contribution >= 4 is 24.2 Å². The number of alkyl halides is 9. The van der Waals surface area contributed by atoms with Gasteiger partial charge in [0.25, 0.3) is 0 Å². The van der Waals surface area contributed by atoms with Gasteiger partial charge in [-0.15, -0.1) is 0 Å². The van der Waals surface area contributed by atoms with E-state index in [1.54, 1.807) is 0 Å². The minimum Gasteiger partial charge on any atom is -0.320 e. The first kappa shape index (κ1) is 27.6. The molecule has 0 aliphatic heterocycles. The lowest BCUT2D eigenvalue weighted by Gasteiger charge is -2.08. The van der Waals surface area contributed by atoms with Gasteiger partial charge in [-0.2, -0.15) is 44.5 Å². The van der Waals surface area contributed by atoms with E-state index in [1.807, 2.05) is 0 Å². The van der Waals surface area contributed by atoms with Gasteiger partial charge in [-0.3, -0.25) is 0 Å². The number of aliphatic imine (C=N–C) groups is 2. The number of rotatable bonds is 5. The quantitative estimate of drug-likeness (QED) is 0.195. The van der Waals surface area contributed by atoms with E-state index in [4.69, 9.17) is 0 Å². The fraction of sp³-hybridized carbons (Fsp3) is 0.115. The Morgan fingerprint density at radius 3 is 1.56 bits per heavy atom. The number of benzene rings is 3. The van der Waals surface area contributed by atoms with Crippen molar-refractivity contribution in [2.45, 2.75) is 18.5 Å². The molecule has 0 aliphatic rings. The van der Waals surface area contributed by atoms with Crippen LogP contribution in [-0.4, -0.2) is 22.4 Å². The minimum absolute atomic E-state index is 0.00552. The van der Waals surface area contributed by atoms with E-state index in [1.165, 1.54) is 24.3 Å². The molecular formula is C26H15F9N4. The zero-order valence-corrected chi connectivity index (χ0v) is 19.3. The molecule has 4 nitrogen and oxygen atoms in total. The van der Waals surface area contributed by atoms with Gasteiger partial charge in [-0.25, -0.2) is 9.98 Å². The SMILES string of the molecule is FC(F)(F)c1cccc(/C=N/c2nc(/N=C/c3cccc(C(F)(F)F)c3)c(-c3cccc(C(F)(F)F)c3)[nH]2)c1. The number of nitrogens with zero attached hydrogens (tertiary/aromatic N) is 3. The van der Waals surface area contributed by atoms with Gasteiger partial charge in [-0.1, -0.05) is 36.4 Å². The maximum Gasteiger partial charge on any atom is 0.416 e. The molecule has 3 aromatic carbocycles. The first-order chi connectivity index (χ1) is 18.2. The van der Waals surface area contributed by atoms with E-state index in [0.29, 0.717) is 0 Å². The highest BCUT2D eigenvalue weighted by atomic mass is 19.4. The van der Waals surface area contributed by atoms with Crippen molar-refractivity contribution in [1.29, 1.82) is 0 Å². The van der Waals surface area contributed by atoms with Gasteiger partial charge in [-0.05, 0) is 47.5 Å². The van der Waals surface area contributed by atoms with Gasteiger partial charge in [0.1, 0.15) is 0 Å². The zero-order chi connectivity index (χ0) is 28.4. The fourth-order valence-electron chi connectivity index (χ4n) is 3.42. The topological polar surface area (TPSA) is 53.4 Å². The van der Waals surface area contributed by atoms with Crippen LogP contribution in [0.3, 0.4) is 0 Å². The average Bonchev–Trinajstić information content (AvgIpc) is 3.28. The number of nitrogens with one attached hydrogen (secondary N) is 1. The summed E-state index contributed by atoms with van der Waals surface area (Å²) in [6, 6.07) is 12.5. The number of halogens is 9. The third-order valence-electron chi connectivity index (χ3n) is 5.25. The van der Waals surface area contributed by atoms with E-state index in [2.05, 4.69) is 20.0 Å². The molecule has 0 spiro atoms. The highest BCUT2D eigenvalue weighted by molar-refractivity contribution is 5.85. The molecule has 0 fully saturated rings. The molecule has 0 saturated heterocycles. The number of hydrogen-bond acceptors (Lipinski definition) is 3. The smallest absolute Gasteiger partial charge is 0.320 e. The Morgan fingerprint density at radius 1 is 0.590 bits per heavy atom. The first-order valence-electron chi connectivity index (χ1n) is 10.9. The lowest BCUT2D eigenvalue weighted by molar-refractivity contribution is -0.138. The summed E-state index contributed by atoms with van der Waals surface area (Å²) in [6.07, 6.45) is -11.8. The second-order valence-corrected chi connectivity index (χ2v) is 8.10. The predicted octanol–water partition coefficient (Wildman–Crippen LogP) is 8.63. The third kappa shape index (κ3) is 6.92. The fourth-order valence-corrected chi connectivity index (χ4v) is 3.42. The summed E-state index contributed by atoms with van der Waals surface area (Å²) in [5, 5.41) is 0. The van der Waals surface area contributed by atoms with Crippen LogP contribution in [0.1, 0.15) is 27.8 Å². The summed E-state index contributed by atoms with van der Waals surface area (Å²) in [4.78, 5) is 14.8. The van der Waals surface area contributed by atoms with Gasteiger partial charge in [0.05, 0.1) is 22.4 Å². The van der Waals surface area contributed by atoms with Crippen LogP contribution in [-0.2, 0) is 18.5 Å². The van der Waals surface area contributed by atoms with Crippen LogP contribution in [0.25, 0.3) is 11.3 Å². The predicted molar refractivity (Wildman–Crippen MR) is 126 cm³/mol. The molecule has 13 heteroatoms. The average molecular weight is 554 g/mol. The first-order valence-corrected chi connectivity index (χ1v) is 10.9. The molecule has 0 atom stereocenters. The molecule has 0 aliphatic carbocycles. The van der Waals surface area contributed by atoms with E-state index in [-0.39, 0.29) is 34.2 Å². The van der Waals surface area contributed by atoms with Crippen molar-refractivity contribution in [2.75, 3.05) is 0 Å². The molecule has 0 unspecified atom stereocenters. The molecule has 39 heavy (non-hydrogen) atoms. The Hall–Kier alpha value is -4.42. The third-order valence-corrected chi connectivity index (χ3v) is 5.25. The highest BCUT2D eigenvalue weighted by Gasteiger charge is 2.32. The molecule has 4 rings (SSSR count). The molecular weight excluding hydrogens is 539 g/mol. The molecule has 1 N–H and O–H groups in total. The van der Waals surface area contributed by atoms with Crippen molar-refractivity contribution in [1.82, 2.24) is 9.97 Å². The van der Waals surface area contributed by atoms with Gasteiger partial charge >= 0.3 is 18.5 Å². The van der Waals surface area contributed by atoms with Crippen LogP contribution in [0, 0.1) is 0 Å². The Morgan fingerprint density at radius 2 is 1.05 bits per heavy atom. The van der Waals surface area contributed by atoms with Crippen LogP contribution in [0.5, 0.6) is 0 Å². The van der Waals surface area contributed by atoms with Gasteiger partial charge in [0, 0.05) is 18.0 Å².